The molecule has 8 heteroatoms. The number of carbonyl (C=O) groups excluding carboxylic acids is 1. The Kier molecular flexibility index (Phi) is 3.42. The standard InChI is InChI=1S/C16H18N6OS/c1-16(2)6-5-11-13(16)10(7-17)15(24-11)18-14(23)9-3-4-12-19-20-21-22(12)8-9/h9H,3-6,8H2,1-2H3,(H,18,23). The highest BCUT2D eigenvalue weighted by Gasteiger charge is 2.37. The van der Waals surface area contributed by atoms with Gasteiger partial charge in [-0.1, -0.05) is 13.8 Å². The van der Waals surface area contributed by atoms with E-state index in [1.54, 1.807) is 16.0 Å². The lowest BCUT2D eigenvalue weighted by Crippen LogP contribution is -2.31. The summed E-state index contributed by atoms with van der Waals surface area (Å²) in [5.74, 6) is 0.608. The molecular weight excluding hydrogens is 324 g/mol. The van der Waals surface area contributed by atoms with Crippen molar-refractivity contribution in [1.82, 2.24) is 20.2 Å². The number of carbonyl (C=O) groups is 1. The molecule has 1 unspecified atom stereocenters. The Hall–Kier alpha value is -2.27. The third kappa shape index (κ3) is 2.31. The van der Waals surface area contributed by atoms with E-state index in [1.807, 2.05) is 0 Å². The van der Waals surface area contributed by atoms with E-state index in [4.69, 9.17) is 0 Å². The molecule has 7 nitrogen and oxygen atoms in total. The van der Waals surface area contributed by atoms with Crippen LogP contribution in [0.1, 0.15) is 48.5 Å². The Morgan fingerprint density at radius 3 is 3.08 bits per heavy atom. The summed E-state index contributed by atoms with van der Waals surface area (Å²) in [6.45, 7) is 4.82. The van der Waals surface area contributed by atoms with Crippen molar-refractivity contribution in [1.29, 1.82) is 5.26 Å². The summed E-state index contributed by atoms with van der Waals surface area (Å²) in [6.07, 6.45) is 3.46. The molecule has 1 aliphatic carbocycles. The first-order valence-electron chi connectivity index (χ1n) is 8.12. The molecule has 2 aromatic rings. The minimum Gasteiger partial charge on any atom is -0.316 e. The number of anilines is 1. The molecule has 0 radical (unpaired) electrons. The maximum atomic E-state index is 12.7. The molecule has 0 aromatic carbocycles. The molecule has 0 saturated carbocycles. The first kappa shape index (κ1) is 15.3. The number of fused-ring (bicyclic) bond motifs is 2. The molecule has 124 valence electrons. The van der Waals surface area contributed by atoms with Gasteiger partial charge in [0, 0.05) is 11.3 Å². The van der Waals surface area contributed by atoms with Crippen LogP contribution in [0.2, 0.25) is 0 Å². The van der Waals surface area contributed by atoms with Gasteiger partial charge in [0.15, 0.2) is 5.82 Å². The molecule has 24 heavy (non-hydrogen) atoms. The summed E-state index contributed by atoms with van der Waals surface area (Å²) in [5, 5.41) is 24.8. The van der Waals surface area contributed by atoms with E-state index >= 15 is 0 Å². The highest BCUT2D eigenvalue weighted by atomic mass is 32.1. The van der Waals surface area contributed by atoms with Crippen LogP contribution in [0.3, 0.4) is 0 Å². The maximum Gasteiger partial charge on any atom is 0.230 e. The summed E-state index contributed by atoms with van der Waals surface area (Å²) in [4.78, 5) is 13.9. The number of amides is 1. The fraction of sp³-hybridized carbons (Fsp3) is 0.562. The quantitative estimate of drug-likeness (QED) is 0.901. The SMILES string of the molecule is CC1(C)CCc2sc(NC(=O)C3CCc4nnnn4C3)c(C#N)c21. The van der Waals surface area contributed by atoms with Crippen LogP contribution >= 0.6 is 11.3 Å². The van der Waals surface area contributed by atoms with E-state index in [2.05, 4.69) is 40.8 Å². The summed E-state index contributed by atoms with van der Waals surface area (Å²) >= 11 is 1.55. The Bertz CT molecular complexity index is 859. The summed E-state index contributed by atoms with van der Waals surface area (Å²) in [6, 6.07) is 2.31. The van der Waals surface area contributed by atoms with Gasteiger partial charge in [-0.2, -0.15) is 5.26 Å². The number of tetrazole rings is 1. The molecular formula is C16H18N6OS. The number of aromatic nitrogens is 4. The number of hydrogen-bond acceptors (Lipinski definition) is 6. The summed E-state index contributed by atoms with van der Waals surface area (Å²) < 4.78 is 1.69. The van der Waals surface area contributed by atoms with Crippen LogP contribution in [0.5, 0.6) is 0 Å². The Balaban J connectivity index is 1.57. The van der Waals surface area contributed by atoms with Crippen molar-refractivity contribution in [2.75, 3.05) is 5.32 Å². The molecule has 0 saturated heterocycles. The van der Waals surface area contributed by atoms with Crippen LogP contribution in [0, 0.1) is 17.2 Å². The highest BCUT2D eigenvalue weighted by molar-refractivity contribution is 7.16. The lowest BCUT2D eigenvalue weighted by atomic mass is 9.85. The van der Waals surface area contributed by atoms with Crippen LogP contribution in [0.25, 0.3) is 0 Å². The number of nitrogens with one attached hydrogen (secondary N) is 1. The van der Waals surface area contributed by atoms with Gasteiger partial charge >= 0.3 is 0 Å². The number of thiophene rings is 1. The van der Waals surface area contributed by atoms with Crippen molar-refractivity contribution in [3.05, 3.63) is 21.8 Å². The van der Waals surface area contributed by atoms with Gasteiger partial charge in [-0.15, -0.1) is 16.4 Å². The second-order valence-corrected chi connectivity index (χ2v) is 8.21. The zero-order valence-electron chi connectivity index (χ0n) is 13.7. The Labute approximate surface area is 143 Å². The Morgan fingerprint density at radius 1 is 1.46 bits per heavy atom. The normalized spacial score (nSPS) is 21.0. The molecule has 1 amide bonds. The number of rotatable bonds is 2. The lowest BCUT2D eigenvalue weighted by molar-refractivity contribution is -0.120. The number of nitrogens with zero attached hydrogens (tertiary/aromatic N) is 5. The second kappa shape index (κ2) is 5.38. The third-order valence-corrected chi connectivity index (χ3v) is 6.24. The minimum absolute atomic E-state index is 0.00597. The number of aryl methyl sites for hydroxylation is 2. The topological polar surface area (TPSA) is 96.5 Å². The van der Waals surface area contributed by atoms with Crippen molar-refractivity contribution in [3.8, 4) is 6.07 Å². The third-order valence-electron chi connectivity index (χ3n) is 5.07. The van der Waals surface area contributed by atoms with E-state index in [0.29, 0.717) is 23.5 Å². The summed E-state index contributed by atoms with van der Waals surface area (Å²) in [5.41, 5.74) is 1.77. The molecule has 4 rings (SSSR count). The monoisotopic (exact) mass is 342 g/mol. The number of hydrogen-bond donors (Lipinski definition) is 1. The second-order valence-electron chi connectivity index (χ2n) is 7.10. The first-order chi connectivity index (χ1) is 11.5. The fourth-order valence-electron chi connectivity index (χ4n) is 3.69. The fourth-order valence-corrected chi connectivity index (χ4v) is 5.02. The van der Waals surface area contributed by atoms with E-state index in [9.17, 15) is 10.1 Å². The maximum absolute atomic E-state index is 12.7. The van der Waals surface area contributed by atoms with Crippen LogP contribution in [-0.2, 0) is 29.6 Å². The largest absolute Gasteiger partial charge is 0.316 e. The van der Waals surface area contributed by atoms with Crippen molar-refractivity contribution < 1.29 is 4.79 Å². The summed E-state index contributed by atoms with van der Waals surface area (Å²) in [7, 11) is 0. The van der Waals surface area contributed by atoms with Crippen molar-refractivity contribution in [2.24, 2.45) is 5.92 Å². The van der Waals surface area contributed by atoms with Crippen molar-refractivity contribution in [3.63, 3.8) is 0 Å². The highest BCUT2D eigenvalue weighted by Crippen LogP contribution is 2.47. The molecule has 1 N–H and O–H groups in total. The van der Waals surface area contributed by atoms with Gasteiger partial charge in [-0.05, 0) is 40.7 Å². The minimum atomic E-state index is -0.169. The Morgan fingerprint density at radius 2 is 2.29 bits per heavy atom. The first-order valence-corrected chi connectivity index (χ1v) is 8.93. The zero-order chi connectivity index (χ0) is 16.9. The van der Waals surface area contributed by atoms with Crippen LogP contribution < -0.4 is 5.32 Å². The predicted octanol–water partition coefficient (Wildman–Crippen LogP) is 2.03. The smallest absolute Gasteiger partial charge is 0.230 e. The van der Waals surface area contributed by atoms with Gasteiger partial charge in [0.2, 0.25) is 5.91 Å². The van der Waals surface area contributed by atoms with Gasteiger partial charge in [-0.3, -0.25) is 4.79 Å². The van der Waals surface area contributed by atoms with E-state index in [0.717, 1.165) is 30.7 Å². The number of nitriles is 1. The molecule has 0 fully saturated rings. The van der Waals surface area contributed by atoms with E-state index in [-0.39, 0.29) is 17.2 Å². The zero-order valence-corrected chi connectivity index (χ0v) is 14.5. The average molecular weight is 342 g/mol. The molecule has 3 heterocycles. The lowest BCUT2D eigenvalue weighted by Gasteiger charge is -2.21. The van der Waals surface area contributed by atoms with Gasteiger partial charge in [-0.25, -0.2) is 4.68 Å². The molecule has 1 atom stereocenters. The molecule has 2 aliphatic rings. The molecule has 2 aromatic heterocycles. The molecule has 0 spiro atoms. The van der Waals surface area contributed by atoms with Gasteiger partial charge in [0.25, 0.3) is 0 Å². The van der Waals surface area contributed by atoms with Crippen LogP contribution in [-0.4, -0.2) is 26.1 Å². The van der Waals surface area contributed by atoms with Crippen LogP contribution in [0.15, 0.2) is 0 Å². The van der Waals surface area contributed by atoms with E-state index < -0.39 is 0 Å². The van der Waals surface area contributed by atoms with Gasteiger partial charge in [0.1, 0.15) is 11.1 Å². The molecule has 1 aliphatic heterocycles. The van der Waals surface area contributed by atoms with Crippen molar-refractivity contribution in [2.45, 2.75) is 51.5 Å². The van der Waals surface area contributed by atoms with Crippen molar-refractivity contribution >= 4 is 22.2 Å². The molecule has 0 bridgehead atoms. The van der Waals surface area contributed by atoms with Gasteiger partial charge < -0.3 is 5.32 Å². The van der Waals surface area contributed by atoms with Crippen LogP contribution in [0.4, 0.5) is 5.00 Å². The van der Waals surface area contributed by atoms with E-state index in [1.165, 1.54) is 4.88 Å². The average Bonchev–Trinajstić information content (AvgIpc) is 3.22. The van der Waals surface area contributed by atoms with Gasteiger partial charge in [0.05, 0.1) is 18.0 Å². The predicted molar refractivity (Wildman–Crippen MR) is 88.6 cm³/mol.